The minimum Gasteiger partial charge on any atom is -0.427 e. The molecule has 0 bridgehead atoms. The number of carbonyl (C=O) groups is 1. The quantitative estimate of drug-likeness (QED) is 0.533. The lowest BCUT2D eigenvalue weighted by molar-refractivity contribution is -0.140. The smallest absolute Gasteiger partial charge is 0.427 e. The van der Waals surface area contributed by atoms with Crippen LogP contribution in [-0.4, -0.2) is 60.2 Å². The van der Waals surface area contributed by atoms with Crippen molar-refractivity contribution in [3.8, 4) is 0 Å². The maximum absolute atomic E-state index is 13.5. The molecule has 2 saturated carbocycles. The first-order valence-electron chi connectivity index (χ1n) is 12.1. The van der Waals surface area contributed by atoms with Gasteiger partial charge in [0.25, 0.3) is 0 Å². The Balaban J connectivity index is 1.35. The Morgan fingerprint density at radius 2 is 1.72 bits per heavy atom. The van der Waals surface area contributed by atoms with Gasteiger partial charge in [0.15, 0.2) is 0 Å². The van der Waals surface area contributed by atoms with E-state index in [1.54, 1.807) is 0 Å². The van der Waals surface area contributed by atoms with Crippen molar-refractivity contribution in [2.45, 2.75) is 76.1 Å². The van der Waals surface area contributed by atoms with Crippen molar-refractivity contribution in [1.82, 2.24) is 10.2 Å². The van der Waals surface area contributed by atoms with Crippen molar-refractivity contribution in [2.24, 2.45) is 35.3 Å². The predicted octanol–water partition coefficient (Wildman–Crippen LogP) is 1.61. The third-order valence-corrected chi connectivity index (χ3v) is 8.65. The minimum absolute atomic E-state index is 0.103. The Hall–Kier alpha value is -0.625. The van der Waals surface area contributed by atoms with E-state index in [4.69, 9.17) is 5.73 Å². The van der Waals surface area contributed by atoms with Gasteiger partial charge in [0.1, 0.15) is 0 Å². The summed E-state index contributed by atoms with van der Waals surface area (Å²) >= 11 is 0. The Labute approximate surface area is 176 Å². The molecule has 6 unspecified atom stereocenters. The van der Waals surface area contributed by atoms with Gasteiger partial charge in [-0.1, -0.05) is 12.8 Å². The summed E-state index contributed by atoms with van der Waals surface area (Å²) in [7, 11) is -1.30. The first-order chi connectivity index (χ1) is 14.1. The molecule has 7 heteroatoms. The molecule has 2 aliphatic carbocycles. The maximum atomic E-state index is 13.5. The van der Waals surface area contributed by atoms with E-state index in [0.717, 1.165) is 70.1 Å². The third-order valence-electron chi connectivity index (χ3n) is 8.65. The molecule has 4 aliphatic rings. The molecular formula is C22H40BN3O3. The van der Waals surface area contributed by atoms with Crippen molar-refractivity contribution in [3.05, 3.63) is 0 Å². The van der Waals surface area contributed by atoms with Gasteiger partial charge in [-0.15, -0.1) is 0 Å². The SMILES string of the molecule is NCC1CCCC(C2CCN(C(=O)C3CC(B(O)O)CC4CCCNC43)CC2)C1. The second kappa shape index (κ2) is 9.67. The van der Waals surface area contributed by atoms with Gasteiger partial charge in [-0.25, -0.2) is 0 Å². The van der Waals surface area contributed by atoms with E-state index < -0.39 is 7.12 Å². The molecule has 0 aromatic carbocycles. The van der Waals surface area contributed by atoms with Crippen LogP contribution < -0.4 is 11.1 Å². The second-order valence-electron chi connectivity index (χ2n) is 10.3. The molecule has 2 heterocycles. The zero-order valence-electron chi connectivity index (χ0n) is 17.8. The van der Waals surface area contributed by atoms with Gasteiger partial charge >= 0.3 is 7.12 Å². The van der Waals surface area contributed by atoms with Crippen LogP contribution in [0.4, 0.5) is 0 Å². The van der Waals surface area contributed by atoms with Crippen molar-refractivity contribution in [3.63, 3.8) is 0 Å². The fourth-order valence-electron chi connectivity index (χ4n) is 6.97. The fraction of sp³-hybridized carbons (Fsp3) is 0.955. The van der Waals surface area contributed by atoms with Gasteiger partial charge in [-0.05, 0) is 93.9 Å². The average molecular weight is 405 g/mol. The molecule has 5 N–H and O–H groups in total. The fourth-order valence-corrected chi connectivity index (χ4v) is 6.97. The number of nitrogens with zero attached hydrogens (tertiary/aromatic N) is 1. The number of hydrogen-bond acceptors (Lipinski definition) is 5. The van der Waals surface area contributed by atoms with Crippen LogP contribution in [0.1, 0.15) is 64.2 Å². The monoisotopic (exact) mass is 405 g/mol. The van der Waals surface area contributed by atoms with Gasteiger partial charge in [0.2, 0.25) is 5.91 Å². The molecule has 29 heavy (non-hydrogen) atoms. The van der Waals surface area contributed by atoms with Gasteiger partial charge in [-0.2, -0.15) is 0 Å². The molecule has 2 saturated heterocycles. The number of piperidine rings is 2. The molecule has 6 atom stereocenters. The van der Waals surface area contributed by atoms with Crippen LogP contribution in [0.3, 0.4) is 0 Å². The molecule has 0 aromatic heterocycles. The molecular weight excluding hydrogens is 365 g/mol. The van der Waals surface area contributed by atoms with Gasteiger partial charge in [-0.3, -0.25) is 4.79 Å². The van der Waals surface area contributed by atoms with E-state index in [9.17, 15) is 14.8 Å². The van der Waals surface area contributed by atoms with Crippen LogP contribution in [0.25, 0.3) is 0 Å². The highest BCUT2D eigenvalue weighted by atomic mass is 16.4. The number of carbonyl (C=O) groups excluding carboxylic acids is 1. The van der Waals surface area contributed by atoms with E-state index in [1.165, 1.54) is 25.7 Å². The standard InChI is InChI=1S/C22H40BN3O3/c24-14-15-3-1-4-17(11-15)16-6-9-26(10-7-16)22(27)20-13-19(23(28)29)12-18-5-2-8-25-21(18)20/h15-21,25,28-29H,1-14,24H2. The molecule has 1 amide bonds. The zero-order chi connectivity index (χ0) is 20.4. The van der Waals surface area contributed by atoms with Gasteiger partial charge < -0.3 is 26.0 Å². The summed E-state index contributed by atoms with van der Waals surface area (Å²) in [4.78, 5) is 15.6. The number of amides is 1. The maximum Gasteiger partial charge on any atom is 0.454 e. The van der Waals surface area contributed by atoms with Crippen molar-refractivity contribution >= 4 is 13.0 Å². The van der Waals surface area contributed by atoms with Crippen LogP contribution in [0, 0.1) is 29.6 Å². The van der Waals surface area contributed by atoms with E-state index in [-0.39, 0.29) is 23.7 Å². The Morgan fingerprint density at radius 3 is 2.45 bits per heavy atom. The van der Waals surface area contributed by atoms with Crippen LogP contribution in [-0.2, 0) is 4.79 Å². The highest BCUT2D eigenvalue weighted by molar-refractivity contribution is 6.43. The van der Waals surface area contributed by atoms with Crippen LogP contribution in [0.2, 0.25) is 5.82 Å². The molecule has 164 valence electrons. The van der Waals surface area contributed by atoms with E-state index in [1.807, 2.05) is 0 Å². The first kappa shape index (κ1) is 21.6. The number of fused-ring (bicyclic) bond motifs is 1. The lowest BCUT2D eigenvalue weighted by atomic mass is 9.57. The topological polar surface area (TPSA) is 98.8 Å². The number of likely N-dealkylation sites (tertiary alicyclic amines) is 1. The minimum atomic E-state index is -1.30. The normalized spacial score (nSPS) is 39.1. The molecule has 0 aromatic rings. The third kappa shape index (κ3) is 4.84. The highest BCUT2D eigenvalue weighted by Gasteiger charge is 2.46. The van der Waals surface area contributed by atoms with Crippen LogP contribution in [0.5, 0.6) is 0 Å². The summed E-state index contributed by atoms with van der Waals surface area (Å²) in [6, 6.07) is 0.215. The second-order valence-corrected chi connectivity index (χ2v) is 10.3. The molecule has 4 rings (SSSR count). The largest absolute Gasteiger partial charge is 0.454 e. The number of nitrogens with one attached hydrogen (secondary N) is 1. The summed E-state index contributed by atoms with van der Waals surface area (Å²) in [6.45, 7) is 3.54. The first-order valence-corrected chi connectivity index (χ1v) is 12.1. The van der Waals surface area contributed by atoms with E-state index >= 15 is 0 Å². The van der Waals surface area contributed by atoms with E-state index in [0.29, 0.717) is 18.3 Å². The number of rotatable bonds is 4. The Kier molecular flexibility index (Phi) is 7.20. The summed E-state index contributed by atoms with van der Waals surface area (Å²) in [5, 5.41) is 23.2. The van der Waals surface area contributed by atoms with Crippen molar-refractivity contribution in [1.29, 1.82) is 0 Å². The Morgan fingerprint density at radius 1 is 0.966 bits per heavy atom. The molecule has 0 spiro atoms. The summed E-state index contributed by atoms with van der Waals surface area (Å²) in [6.07, 6.45) is 11.1. The molecule has 6 nitrogen and oxygen atoms in total. The number of hydrogen-bond donors (Lipinski definition) is 4. The van der Waals surface area contributed by atoms with Crippen molar-refractivity contribution < 1.29 is 14.8 Å². The zero-order valence-corrected chi connectivity index (χ0v) is 17.8. The lowest BCUT2D eigenvalue weighted by Gasteiger charge is -2.46. The molecule has 4 fully saturated rings. The molecule has 2 aliphatic heterocycles. The average Bonchev–Trinajstić information content (AvgIpc) is 2.78. The van der Waals surface area contributed by atoms with Crippen LogP contribution in [0.15, 0.2) is 0 Å². The number of nitrogens with two attached hydrogens (primary N) is 1. The van der Waals surface area contributed by atoms with Crippen LogP contribution >= 0.6 is 0 Å². The predicted molar refractivity (Wildman–Crippen MR) is 115 cm³/mol. The van der Waals surface area contributed by atoms with Crippen molar-refractivity contribution in [2.75, 3.05) is 26.2 Å². The molecule has 0 radical (unpaired) electrons. The summed E-state index contributed by atoms with van der Waals surface area (Å²) in [5.74, 6) is 2.61. The lowest BCUT2D eigenvalue weighted by Crippen LogP contribution is -2.56. The summed E-state index contributed by atoms with van der Waals surface area (Å²) < 4.78 is 0. The van der Waals surface area contributed by atoms with Gasteiger partial charge in [0.05, 0.1) is 5.92 Å². The summed E-state index contributed by atoms with van der Waals surface area (Å²) in [5.41, 5.74) is 5.93. The highest BCUT2D eigenvalue weighted by Crippen LogP contribution is 2.43. The Bertz CT molecular complexity index is 555. The van der Waals surface area contributed by atoms with Gasteiger partial charge in [0, 0.05) is 19.1 Å². The van der Waals surface area contributed by atoms with E-state index in [2.05, 4.69) is 10.2 Å².